The molecular formula is C12H14N2O2. The van der Waals surface area contributed by atoms with Crippen molar-refractivity contribution in [3.63, 3.8) is 0 Å². The Balaban J connectivity index is 0. The fourth-order valence-corrected chi connectivity index (χ4v) is 0.786. The van der Waals surface area contributed by atoms with E-state index in [-0.39, 0.29) is 0 Å². The average molecular weight is 218 g/mol. The number of allylic oxidation sites excluding steroid dienone is 8. The molecular weight excluding hydrogens is 204 g/mol. The highest BCUT2D eigenvalue weighted by atomic mass is 16.1. The quantitative estimate of drug-likeness (QED) is 0.484. The van der Waals surface area contributed by atoms with Crippen LogP contribution in [0, 0.1) is 10.8 Å². The van der Waals surface area contributed by atoms with Crippen LogP contribution in [-0.4, -0.2) is 12.2 Å². The minimum absolute atomic E-state index is 0.750. The van der Waals surface area contributed by atoms with Crippen molar-refractivity contribution in [1.29, 1.82) is 10.8 Å². The molecule has 2 N–H and O–H groups in total. The van der Waals surface area contributed by atoms with E-state index in [1.54, 1.807) is 0 Å². The minimum Gasteiger partial charge on any atom is -0.222 e. The first-order valence-corrected chi connectivity index (χ1v) is 4.54. The second-order valence-electron chi connectivity index (χ2n) is 2.39. The standard InChI is InChI=1S/2C5H6.2CHNO/c2*1-2-4-5-3-1;2*2-1-3/h2*1-4H,5H2;2*2H. The third-order valence-corrected chi connectivity index (χ3v) is 1.31. The van der Waals surface area contributed by atoms with Crippen molar-refractivity contribution < 1.29 is 9.59 Å². The molecule has 16 heavy (non-hydrogen) atoms. The lowest BCUT2D eigenvalue weighted by Gasteiger charge is -1.57. The van der Waals surface area contributed by atoms with Crippen molar-refractivity contribution in [3.8, 4) is 0 Å². The predicted molar refractivity (Wildman–Crippen MR) is 62.6 cm³/mol. The summed E-state index contributed by atoms with van der Waals surface area (Å²) in [4.78, 5) is 16.7. The van der Waals surface area contributed by atoms with E-state index in [4.69, 9.17) is 20.4 Å². The molecule has 2 aliphatic rings. The number of isocyanates is 2. The van der Waals surface area contributed by atoms with Gasteiger partial charge in [0.15, 0.2) is 0 Å². The zero-order valence-corrected chi connectivity index (χ0v) is 8.85. The molecule has 0 spiro atoms. The van der Waals surface area contributed by atoms with Gasteiger partial charge in [0, 0.05) is 0 Å². The normalized spacial score (nSPS) is 12.0. The second-order valence-corrected chi connectivity index (χ2v) is 2.39. The summed E-state index contributed by atoms with van der Waals surface area (Å²) < 4.78 is 0. The van der Waals surface area contributed by atoms with Crippen LogP contribution in [0.15, 0.2) is 48.6 Å². The fraction of sp³-hybridized carbons (Fsp3) is 0.167. The van der Waals surface area contributed by atoms with E-state index in [0.717, 1.165) is 25.0 Å². The average Bonchev–Trinajstić information content (AvgIpc) is 3.00. The minimum atomic E-state index is 0.750. The molecule has 0 saturated carbocycles. The van der Waals surface area contributed by atoms with Gasteiger partial charge in [-0.15, -0.1) is 0 Å². The number of hydrogen-bond acceptors (Lipinski definition) is 4. The zero-order chi connectivity index (χ0) is 12.5. The number of rotatable bonds is 0. The molecule has 0 radical (unpaired) electrons. The van der Waals surface area contributed by atoms with Gasteiger partial charge in [0.2, 0.25) is 12.2 Å². The highest BCUT2D eigenvalue weighted by Gasteiger charge is 1.72. The second kappa shape index (κ2) is 18.5. The van der Waals surface area contributed by atoms with Gasteiger partial charge in [-0.1, -0.05) is 48.6 Å². The molecule has 0 fully saturated rings. The Labute approximate surface area is 94.7 Å². The van der Waals surface area contributed by atoms with E-state index in [2.05, 4.69) is 48.6 Å². The maximum atomic E-state index is 8.35. The van der Waals surface area contributed by atoms with Gasteiger partial charge >= 0.3 is 0 Å². The van der Waals surface area contributed by atoms with Crippen LogP contribution in [0.2, 0.25) is 0 Å². The maximum Gasteiger partial charge on any atom is 0.231 e. The van der Waals surface area contributed by atoms with Gasteiger partial charge in [-0.25, -0.2) is 20.4 Å². The maximum absolute atomic E-state index is 8.35. The van der Waals surface area contributed by atoms with Crippen molar-refractivity contribution in [1.82, 2.24) is 0 Å². The molecule has 0 amide bonds. The Kier molecular flexibility index (Phi) is 18.7. The van der Waals surface area contributed by atoms with Crippen LogP contribution in [0.5, 0.6) is 0 Å². The summed E-state index contributed by atoms with van der Waals surface area (Å²) in [6, 6.07) is 0. The molecule has 0 aromatic carbocycles. The van der Waals surface area contributed by atoms with Crippen LogP contribution in [0.3, 0.4) is 0 Å². The first kappa shape index (κ1) is 16.2. The largest absolute Gasteiger partial charge is 0.231 e. The summed E-state index contributed by atoms with van der Waals surface area (Å²) in [5.74, 6) is 0. The molecule has 4 heteroatoms. The topological polar surface area (TPSA) is 81.8 Å². The van der Waals surface area contributed by atoms with Crippen LogP contribution in [0.1, 0.15) is 12.8 Å². The van der Waals surface area contributed by atoms with E-state index >= 15 is 0 Å². The van der Waals surface area contributed by atoms with Crippen molar-refractivity contribution in [2.75, 3.05) is 0 Å². The van der Waals surface area contributed by atoms with Crippen LogP contribution in [0.25, 0.3) is 0 Å². The van der Waals surface area contributed by atoms with Crippen molar-refractivity contribution in [3.05, 3.63) is 48.6 Å². The Morgan fingerprint density at radius 3 is 0.938 bits per heavy atom. The monoisotopic (exact) mass is 218 g/mol. The summed E-state index contributed by atoms with van der Waals surface area (Å²) in [6.45, 7) is 0. The fourth-order valence-electron chi connectivity index (χ4n) is 0.786. The zero-order valence-electron chi connectivity index (χ0n) is 8.85. The summed E-state index contributed by atoms with van der Waals surface area (Å²) in [7, 11) is 0. The Morgan fingerprint density at radius 2 is 0.875 bits per heavy atom. The Bertz CT molecular complexity index is 273. The van der Waals surface area contributed by atoms with Gasteiger partial charge in [0.05, 0.1) is 0 Å². The van der Waals surface area contributed by atoms with E-state index < -0.39 is 0 Å². The van der Waals surface area contributed by atoms with Crippen LogP contribution < -0.4 is 0 Å². The van der Waals surface area contributed by atoms with Crippen molar-refractivity contribution >= 4 is 12.2 Å². The first-order valence-electron chi connectivity index (χ1n) is 4.54. The first-order chi connectivity index (χ1) is 7.83. The molecule has 2 rings (SSSR count). The number of carbonyl (C=O) groups excluding carboxylic acids is 2. The summed E-state index contributed by atoms with van der Waals surface area (Å²) in [5, 5.41) is 10.8. The molecule has 0 unspecified atom stereocenters. The SMILES string of the molecule is C1=CCC=C1.C1=CCC=C1.N=C=O.N=C=O. The van der Waals surface area contributed by atoms with Gasteiger partial charge in [0.1, 0.15) is 0 Å². The van der Waals surface area contributed by atoms with E-state index in [1.807, 2.05) is 0 Å². The van der Waals surface area contributed by atoms with Gasteiger partial charge in [-0.3, -0.25) is 0 Å². The molecule has 2 aliphatic carbocycles. The molecule has 0 aliphatic heterocycles. The van der Waals surface area contributed by atoms with Crippen molar-refractivity contribution in [2.24, 2.45) is 0 Å². The van der Waals surface area contributed by atoms with Crippen LogP contribution in [-0.2, 0) is 9.59 Å². The van der Waals surface area contributed by atoms with Crippen molar-refractivity contribution in [2.45, 2.75) is 12.8 Å². The van der Waals surface area contributed by atoms with Gasteiger partial charge in [0.25, 0.3) is 0 Å². The third kappa shape index (κ3) is 22.6. The molecule has 4 nitrogen and oxygen atoms in total. The molecule has 84 valence electrons. The van der Waals surface area contributed by atoms with E-state index in [1.165, 1.54) is 0 Å². The van der Waals surface area contributed by atoms with E-state index in [0.29, 0.717) is 0 Å². The summed E-state index contributed by atoms with van der Waals surface area (Å²) in [6.07, 6.45) is 20.5. The number of nitrogens with one attached hydrogen (secondary N) is 2. The third-order valence-electron chi connectivity index (χ3n) is 1.31. The molecule has 0 aromatic heterocycles. The predicted octanol–water partition coefficient (Wildman–Crippen LogP) is 2.81. The highest BCUT2D eigenvalue weighted by molar-refractivity contribution is 5.26. The summed E-state index contributed by atoms with van der Waals surface area (Å²) in [5.41, 5.74) is 0. The van der Waals surface area contributed by atoms with E-state index in [9.17, 15) is 0 Å². The number of hydrogen-bond donors (Lipinski definition) is 2. The summed E-state index contributed by atoms with van der Waals surface area (Å²) >= 11 is 0. The molecule has 0 saturated heterocycles. The van der Waals surface area contributed by atoms with Crippen LogP contribution >= 0.6 is 0 Å². The smallest absolute Gasteiger partial charge is 0.222 e. The molecule has 0 bridgehead atoms. The van der Waals surface area contributed by atoms with Gasteiger partial charge in [-0.2, -0.15) is 0 Å². The lowest BCUT2D eigenvalue weighted by molar-refractivity contribution is 0.562. The lowest BCUT2D eigenvalue weighted by Crippen LogP contribution is -1.37. The Morgan fingerprint density at radius 1 is 0.688 bits per heavy atom. The lowest BCUT2D eigenvalue weighted by atomic mass is 10.5. The Hall–Kier alpha value is -2.28. The van der Waals surface area contributed by atoms with Gasteiger partial charge in [-0.05, 0) is 12.8 Å². The molecule has 0 atom stereocenters. The highest BCUT2D eigenvalue weighted by Crippen LogP contribution is 1.93. The van der Waals surface area contributed by atoms with Gasteiger partial charge < -0.3 is 0 Å². The van der Waals surface area contributed by atoms with Crippen LogP contribution in [0.4, 0.5) is 0 Å². The molecule has 0 aromatic rings. The molecule has 0 heterocycles.